The lowest BCUT2D eigenvalue weighted by atomic mass is 10.0. The number of nitrogens with zero attached hydrogens (tertiary/aromatic N) is 3. The molecule has 0 amide bonds. The summed E-state index contributed by atoms with van der Waals surface area (Å²) >= 11 is 1.23. The minimum absolute atomic E-state index is 0.0542. The summed E-state index contributed by atoms with van der Waals surface area (Å²) in [4.78, 5) is 35.9. The predicted molar refractivity (Wildman–Crippen MR) is 145 cm³/mol. The van der Waals surface area contributed by atoms with Gasteiger partial charge in [-0.15, -0.1) is 0 Å². The number of hydrogen-bond acceptors (Lipinski definition) is 8. The van der Waals surface area contributed by atoms with Crippen LogP contribution in [0.15, 0.2) is 70.4 Å². The first-order valence-electron chi connectivity index (χ1n) is 12.2. The van der Waals surface area contributed by atoms with Crippen molar-refractivity contribution in [1.29, 1.82) is 0 Å². The normalized spacial score (nSPS) is 11.1. The van der Waals surface area contributed by atoms with Crippen molar-refractivity contribution in [3.05, 3.63) is 89.4 Å². The molecule has 2 heterocycles. The van der Waals surface area contributed by atoms with Gasteiger partial charge in [-0.2, -0.15) is 4.98 Å². The van der Waals surface area contributed by atoms with Gasteiger partial charge >= 0.3 is 0 Å². The smallest absolute Gasteiger partial charge is 0.256 e. The lowest BCUT2D eigenvalue weighted by molar-refractivity contribution is 0.0969. The van der Waals surface area contributed by atoms with Crippen LogP contribution in [0.5, 0.6) is 11.5 Å². The fraction of sp³-hybridized carbons (Fsp3) is 0.241. The van der Waals surface area contributed by atoms with Gasteiger partial charge in [0.1, 0.15) is 17.3 Å². The van der Waals surface area contributed by atoms with Crippen molar-refractivity contribution in [1.82, 2.24) is 14.9 Å². The highest BCUT2D eigenvalue weighted by Gasteiger charge is 2.22. The van der Waals surface area contributed by atoms with Crippen molar-refractivity contribution in [3.63, 3.8) is 0 Å². The molecule has 0 atom stereocenters. The Labute approximate surface area is 229 Å². The molecule has 0 saturated carbocycles. The number of rotatable bonds is 12. The Hall–Kier alpha value is -3.89. The zero-order valence-corrected chi connectivity index (χ0v) is 22.6. The zero-order valence-electron chi connectivity index (χ0n) is 21.7. The summed E-state index contributed by atoms with van der Waals surface area (Å²) in [5.41, 5.74) is 1.26. The quantitative estimate of drug-likeness (QED) is 0.146. The molecule has 0 radical (unpaired) electrons. The second-order valence-corrected chi connectivity index (χ2v) is 9.80. The fourth-order valence-electron chi connectivity index (χ4n) is 3.82. The topological polar surface area (TPSA) is 85.5 Å². The van der Waals surface area contributed by atoms with Crippen LogP contribution < -0.4 is 4.74 Å². The van der Waals surface area contributed by atoms with Gasteiger partial charge in [0.15, 0.2) is 34.6 Å². The van der Waals surface area contributed by atoms with Crippen LogP contribution in [0.3, 0.4) is 0 Å². The fourth-order valence-corrected chi connectivity index (χ4v) is 4.17. The lowest BCUT2D eigenvalue weighted by Gasteiger charge is -2.10. The summed E-state index contributed by atoms with van der Waals surface area (Å²) in [6, 6.07) is 12.8. The molecule has 4 aromatic rings. The number of aromatic nitrogens is 2. The first kappa shape index (κ1) is 28.1. The van der Waals surface area contributed by atoms with Crippen LogP contribution in [-0.2, 0) is 6.42 Å². The summed E-state index contributed by atoms with van der Waals surface area (Å²) in [7, 11) is 3.88. The molecule has 10 heteroatoms. The highest BCUT2D eigenvalue weighted by Crippen LogP contribution is 2.31. The molecular formula is C29H27F2N3O4S. The number of carbonyl (C=O) groups excluding carboxylic acids is 2. The van der Waals surface area contributed by atoms with Gasteiger partial charge in [-0.1, -0.05) is 17.8 Å². The maximum atomic E-state index is 14.9. The van der Waals surface area contributed by atoms with Crippen molar-refractivity contribution < 1.29 is 27.5 Å². The highest BCUT2D eigenvalue weighted by molar-refractivity contribution is 7.98. The monoisotopic (exact) mass is 551 g/mol. The average Bonchev–Trinajstić information content (AvgIpc) is 3.35. The number of benzene rings is 2. The molecular weight excluding hydrogens is 524 g/mol. The second kappa shape index (κ2) is 12.8. The maximum Gasteiger partial charge on any atom is 0.256 e. The number of halogens is 2. The molecule has 0 aliphatic heterocycles. The first-order chi connectivity index (χ1) is 18.7. The molecule has 7 nitrogen and oxygen atoms in total. The third kappa shape index (κ3) is 7.36. The highest BCUT2D eigenvalue weighted by atomic mass is 32.2. The minimum Gasteiger partial charge on any atom is -0.454 e. The van der Waals surface area contributed by atoms with Crippen molar-refractivity contribution in [2.75, 3.05) is 26.9 Å². The van der Waals surface area contributed by atoms with E-state index in [4.69, 9.17) is 9.15 Å². The Kier molecular flexibility index (Phi) is 9.21. The van der Waals surface area contributed by atoms with Crippen LogP contribution in [0.2, 0.25) is 0 Å². The largest absolute Gasteiger partial charge is 0.454 e. The van der Waals surface area contributed by atoms with Gasteiger partial charge in [-0.3, -0.25) is 14.6 Å². The summed E-state index contributed by atoms with van der Waals surface area (Å²) in [5, 5.41) is 0.292. The van der Waals surface area contributed by atoms with Gasteiger partial charge in [0.05, 0.1) is 0 Å². The van der Waals surface area contributed by atoms with Crippen LogP contribution in [0.25, 0.3) is 11.3 Å². The number of Topliss-reactive ketones (excluding diaryl/α,β-unsaturated/α-hetero) is 2. The molecule has 2 aromatic carbocycles. The molecule has 0 spiro atoms. The third-order valence-corrected chi connectivity index (χ3v) is 6.29. The van der Waals surface area contributed by atoms with Crippen LogP contribution in [-0.4, -0.2) is 53.3 Å². The number of ether oxygens (including phenoxy) is 1. The van der Waals surface area contributed by atoms with Crippen molar-refractivity contribution in [3.8, 4) is 22.8 Å². The first-order valence-corrected chi connectivity index (χ1v) is 13.4. The summed E-state index contributed by atoms with van der Waals surface area (Å²) in [5.74, 6) is -1.12. The zero-order chi connectivity index (χ0) is 27.9. The van der Waals surface area contributed by atoms with Crippen LogP contribution in [0.4, 0.5) is 8.78 Å². The molecule has 2 aromatic heterocycles. The predicted octanol–water partition coefficient (Wildman–Crippen LogP) is 6.48. The third-order valence-electron chi connectivity index (χ3n) is 5.77. The van der Waals surface area contributed by atoms with Gasteiger partial charge < -0.3 is 14.1 Å². The average molecular weight is 552 g/mol. The van der Waals surface area contributed by atoms with Gasteiger partial charge in [0.25, 0.3) is 5.22 Å². The van der Waals surface area contributed by atoms with Crippen LogP contribution in [0.1, 0.15) is 39.4 Å². The SMILES string of the molecule is CSc1nc(C(=O)Cc2ccc(Oc3ccnc(C(=O)CCCN(C)C)c3)c(F)c2)c(-c2ccc(F)cc2)o1. The Morgan fingerprint density at radius 1 is 1.03 bits per heavy atom. The Morgan fingerprint density at radius 2 is 1.79 bits per heavy atom. The van der Waals surface area contributed by atoms with E-state index < -0.39 is 11.6 Å². The minimum atomic E-state index is -0.667. The molecule has 0 bridgehead atoms. The van der Waals surface area contributed by atoms with E-state index in [0.717, 1.165) is 6.54 Å². The summed E-state index contributed by atoms with van der Waals surface area (Å²) in [6.45, 7) is 0.783. The molecule has 4 rings (SSSR count). The van der Waals surface area contributed by atoms with Crippen molar-refractivity contribution in [2.24, 2.45) is 0 Å². The molecule has 0 saturated heterocycles. The number of oxazole rings is 1. The van der Waals surface area contributed by atoms with E-state index in [0.29, 0.717) is 29.2 Å². The van der Waals surface area contributed by atoms with Gasteiger partial charge in [0.2, 0.25) is 0 Å². The molecule has 0 aliphatic carbocycles. The second-order valence-electron chi connectivity index (χ2n) is 9.04. The van der Waals surface area contributed by atoms with Crippen LogP contribution in [0, 0.1) is 11.6 Å². The van der Waals surface area contributed by atoms with Crippen LogP contribution >= 0.6 is 11.8 Å². The summed E-state index contributed by atoms with van der Waals surface area (Å²) in [6.07, 6.45) is 4.12. The van der Waals surface area contributed by atoms with E-state index in [2.05, 4.69) is 9.97 Å². The number of pyridine rings is 1. The molecule has 0 aliphatic rings. The molecule has 0 unspecified atom stereocenters. The number of carbonyl (C=O) groups is 2. The van der Waals surface area contributed by atoms with E-state index in [1.807, 2.05) is 19.0 Å². The molecule has 0 fully saturated rings. The van der Waals surface area contributed by atoms with E-state index in [9.17, 15) is 18.4 Å². The molecule has 39 heavy (non-hydrogen) atoms. The Morgan fingerprint density at radius 3 is 2.49 bits per heavy atom. The number of thioether (sulfide) groups is 1. The van der Waals surface area contributed by atoms with E-state index in [-0.39, 0.29) is 46.6 Å². The van der Waals surface area contributed by atoms with Gasteiger partial charge in [0, 0.05) is 30.7 Å². The maximum absolute atomic E-state index is 14.9. The Balaban J connectivity index is 1.46. The van der Waals surface area contributed by atoms with Gasteiger partial charge in [-0.25, -0.2) is 8.78 Å². The van der Waals surface area contributed by atoms with E-state index in [1.54, 1.807) is 18.4 Å². The van der Waals surface area contributed by atoms with Gasteiger partial charge in [-0.05, 0) is 81.3 Å². The molecule has 0 N–H and O–H groups in total. The van der Waals surface area contributed by atoms with Crippen molar-refractivity contribution in [2.45, 2.75) is 24.5 Å². The lowest BCUT2D eigenvalue weighted by Crippen LogP contribution is -2.14. The standard InChI is InChI=1S/C29H27F2N3O4S/c1-34(2)14-4-5-24(35)23-17-21(12-13-32-23)37-26-11-6-18(15-22(26)31)16-25(36)27-28(38-29(33-27)39-3)19-7-9-20(30)10-8-19/h6-13,15,17H,4-5,14,16H2,1-3H3. The van der Waals surface area contributed by atoms with E-state index >= 15 is 0 Å². The Bertz CT molecular complexity index is 1470. The molecule has 202 valence electrons. The summed E-state index contributed by atoms with van der Waals surface area (Å²) < 4.78 is 39.7. The van der Waals surface area contributed by atoms with E-state index in [1.165, 1.54) is 60.4 Å². The number of ketones is 2. The van der Waals surface area contributed by atoms with Crippen molar-refractivity contribution >= 4 is 23.3 Å². The number of hydrogen-bond donors (Lipinski definition) is 0.